The molecule has 0 fully saturated rings. The smallest absolute Gasteiger partial charge is 0.413 e. The van der Waals surface area contributed by atoms with Crippen LogP contribution in [0, 0.1) is 11.6 Å². The summed E-state index contributed by atoms with van der Waals surface area (Å²) in [5.74, 6) is -4.20. The number of anilines is 1. The van der Waals surface area contributed by atoms with E-state index in [0.29, 0.717) is 22.5 Å². The number of hydrogen-bond donors (Lipinski definition) is 2. The fraction of sp³-hybridized carbons (Fsp3) is 0.0968. The van der Waals surface area contributed by atoms with Gasteiger partial charge in [-0.2, -0.15) is 5.10 Å². The first-order valence-corrected chi connectivity index (χ1v) is 12.7. The van der Waals surface area contributed by atoms with E-state index in [-0.39, 0.29) is 11.1 Å². The third-order valence-corrected chi connectivity index (χ3v) is 6.44. The maximum Gasteiger partial charge on any atom is 0.413 e. The topological polar surface area (TPSA) is 116 Å². The van der Waals surface area contributed by atoms with Crippen LogP contribution in [0.2, 0.25) is 0 Å². The Morgan fingerprint density at radius 3 is 2.26 bits per heavy atom. The van der Waals surface area contributed by atoms with Gasteiger partial charge >= 0.3 is 12.1 Å². The van der Waals surface area contributed by atoms with Crippen molar-refractivity contribution in [2.24, 2.45) is 7.05 Å². The molecule has 5 aromatic rings. The Kier molecular flexibility index (Phi) is 7.91. The summed E-state index contributed by atoms with van der Waals surface area (Å²) < 4.78 is 42.1. The highest BCUT2D eigenvalue weighted by molar-refractivity contribution is 5.91. The number of benzene rings is 3. The minimum absolute atomic E-state index is 0.228. The van der Waals surface area contributed by atoms with Gasteiger partial charge in [-0.25, -0.2) is 23.4 Å². The van der Waals surface area contributed by atoms with Gasteiger partial charge in [-0.3, -0.25) is 10.00 Å². The lowest BCUT2D eigenvalue weighted by Crippen LogP contribution is -2.18. The fourth-order valence-electron chi connectivity index (χ4n) is 4.27. The lowest BCUT2D eigenvalue weighted by atomic mass is 10.0. The largest absolute Gasteiger partial charge is 0.477 e. The van der Waals surface area contributed by atoms with Gasteiger partial charge < -0.3 is 14.6 Å². The molecule has 212 valence electrons. The second kappa shape index (κ2) is 11.9. The number of carboxylic acid groups (broad SMARTS) is 1. The summed E-state index contributed by atoms with van der Waals surface area (Å²) in [4.78, 5) is 27.8. The van der Waals surface area contributed by atoms with Crippen molar-refractivity contribution >= 4 is 17.9 Å². The summed E-state index contributed by atoms with van der Waals surface area (Å²) in [6.07, 6.45) is 1.72. The molecule has 0 aliphatic carbocycles. The Bertz CT molecular complexity index is 1730. The Labute approximate surface area is 239 Å². The fourth-order valence-corrected chi connectivity index (χ4v) is 4.27. The monoisotopic (exact) mass is 570 g/mol. The average Bonchev–Trinajstić information content (AvgIpc) is 3.34. The maximum atomic E-state index is 14.9. The van der Waals surface area contributed by atoms with Crippen LogP contribution >= 0.6 is 0 Å². The van der Waals surface area contributed by atoms with E-state index in [2.05, 4.69) is 15.4 Å². The molecule has 5 rings (SSSR count). The minimum Gasteiger partial charge on any atom is -0.477 e. The predicted molar refractivity (Wildman–Crippen MR) is 150 cm³/mol. The van der Waals surface area contributed by atoms with Crippen molar-refractivity contribution < 1.29 is 33.0 Å². The maximum absolute atomic E-state index is 14.9. The molecule has 0 unspecified atom stereocenters. The number of halogens is 2. The molecule has 0 radical (unpaired) electrons. The number of nitrogens with one attached hydrogen (secondary N) is 1. The number of rotatable bonds is 8. The van der Waals surface area contributed by atoms with Crippen LogP contribution in [0.4, 0.5) is 19.4 Å². The van der Waals surface area contributed by atoms with Crippen molar-refractivity contribution in [1.82, 2.24) is 14.8 Å². The van der Waals surface area contributed by atoms with Crippen molar-refractivity contribution in [3.05, 3.63) is 114 Å². The predicted octanol–water partition coefficient (Wildman–Crippen LogP) is 7.23. The van der Waals surface area contributed by atoms with Crippen molar-refractivity contribution in [3.63, 3.8) is 0 Å². The van der Waals surface area contributed by atoms with Gasteiger partial charge in [0, 0.05) is 18.8 Å². The van der Waals surface area contributed by atoms with Gasteiger partial charge in [-0.05, 0) is 53.4 Å². The summed E-state index contributed by atoms with van der Waals surface area (Å²) in [6, 6.07) is 20.9. The zero-order valence-electron chi connectivity index (χ0n) is 22.4. The molecule has 2 N–H and O–H groups in total. The Morgan fingerprint density at radius 2 is 1.60 bits per heavy atom. The van der Waals surface area contributed by atoms with E-state index < -0.39 is 41.4 Å². The number of amides is 1. The van der Waals surface area contributed by atoms with Crippen LogP contribution in [0.15, 0.2) is 91.3 Å². The van der Waals surface area contributed by atoms with E-state index in [0.717, 1.165) is 17.7 Å². The molecule has 2 aromatic heterocycles. The number of carbonyl (C=O) groups is 2. The standard InChI is InChI=1S/C31H24F2N4O5/c1-18(19-7-4-3-5-8-19)41-31(40)36-28-24(17-35-37(28)2)21-12-10-20(11-13-21)22-15-25(32)27(26(33)16-22)42-29-23(30(38)39)9-6-14-34-29/h3-18H,1-2H3,(H,36,40)(H,38,39)/t18-/m1/s1. The summed E-state index contributed by atoms with van der Waals surface area (Å²) in [5.41, 5.74) is 2.55. The first kappa shape index (κ1) is 28.0. The Morgan fingerprint density at radius 1 is 0.929 bits per heavy atom. The highest BCUT2D eigenvalue weighted by atomic mass is 19.1. The number of aromatic carboxylic acids is 1. The van der Waals surface area contributed by atoms with Gasteiger partial charge in [-0.1, -0.05) is 54.6 Å². The van der Waals surface area contributed by atoms with Gasteiger partial charge in [0.25, 0.3) is 0 Å². The van der Waals surface area contributed by atoms with Gasteiger partial charge in [0.2, 0.25) is 11.6 Å². The normalized spacial score (nSPS) is 11.5. The Balaban J connectivity index is 1.34. The molecule has 1 atom stereocenters. The molecule has 42 heavy (non-hydrogen) atoms. The molecule has 11 heteroatoms. The van der Waals surface area contributed by atoms with Gasteiger partial charge in [-0.15, -0.1) is 0 Å². The second-order valence-corrected chi connectivity index (χ2v) is 9.22. The van der Waals surface area contributed by atoms with E-state index >= 15 is 0 Å². The van der Waals surface area contributed by atoms with Gasteiger partial charge in [0.15, 0.2) is 11.6 Å². The summed E-state index contributed by atoms with van der Waals surface area (Å²) in [6.45, 7) is 1.77. The quantitative estimate of drug-likeness (QED) is 0.202. The van der Waals surface area contributed by atoms with Crippen LogP contribution in [-0.4, -0.2) is 31.9 Å². The molecule has 0 aliphatic heterocycles. The molecule has 0 bridgehead atoms. The van der Waals surface area contributed by atoms with Crippen molar-refractivity contribution in [2.45, 2.75) is 13.0 Å². The number of aromatic nitrogens is 3. The molecule has 2 heterocycles. The Hall–Kier alpha value is -5.58. The molecule has 3 aromatic carbocycles. The molecule has 9 nitrogen and oxygen atoms in total. The van der Waals surface area contributed by atoms with E-state index in [1.165, 1.54) is 23.0 Å². The number of aryl methyl sites for hydroxylation is 1. The first-order chi connectivity index (χ1) is 20.2. The number of pyridine rings is 1. The van der Waals surface area contributed by atoms with Crippen molar-refractivity contribution in [2.75, 3.05) is 5.32 Å². The van der Waals surface area contributed by atoms with Crippen LogP contribution < -0.4 is 10.1 Å². The van der Waals surface area contributed by atoms with Crippen LogP contribution in [-0.2, 0) is 11.8 Å². The number of nitrogens with zero attached hydrogens (tertiary/aromatic N) is 3. The molecule has 0 spiro atoms. The number of hydrogen-bond acceptors (Lipinski definition) is 6. The van der Waals surface area contributed by atoms with E-state index in [1.54, 1.807) is 44.4 Å². The van der Waals surface area contributed by atoms with Gasteiger partial charge in [0.1, 0.15) is 17.5 Å². The number of ether oxygens (including phenoxy) is 2. The van der Waals surface area contributed by atoms with Gasteiger partial charge in [0.05, 0.1) is 6.20 Å². The van der Waals surface area contributed by atoms with Crippen molar-refractivity contribution in [3.8, 4) is 33.9 Å². The highest BCUT2D eigenvalue weighted by Gasteiger charge is 2.20. The zero-order valence-corrected chi connectivity index (χ0v) is 22.4. The number of carboxylic acids is 1. The lowest BCUT2D eigenvalue weighted by Gasteiger charge is -2.15. The van der Waals surface area contributed by atoms with Crippen LogP contribution in [0.5, 0.6) is 11.6 Å². The van der Waals surface area contributed by atoms with E-state index in [9.17, 15) is 23.5 Å². The molecule has 0 saturated heterocycles. The second-order valence-electron chi connectivity index (χ2n) is 9.22. The molecular formula is C31H24F2N4O5. The minimum atomic E-state index is -1.35. The molecule has 1 amide bonds. The molecule has 0 saturated carbocycles. The lowest BCUT2D eigenvalue weighted by molar-refractivity contribution is 0.0693. The summed E-state index contributed by atoms with van der Waals surface area (Å²) >= 11 is 0. The van der Waals surface area contributed by atoms with Crippen molar-refractivity contribution in [1.29, 1.82) is 0 Å². The first-order valence-electron chi connectivity index (χ1n) is 12.7. The number of carbonyl (C=O) groups excluding carboxylic acids is 1. The highest BCUT2D eigenvalue weighted by Crippen LogP contribution is 2.34. The molecule has 0 aliphatic rings. The van der Waals surface area contributed by atoms with Crippen LogP contribution in [0.25, 0.3) is 22.3 Å². The molecular weight excluding hydrogens is 546 g/mol. The third kappa shape index (κ3) is 5.94. The zero-order chi connectivity index (χ0) is 29.8. The SMILES string of the molecule is C[C@@H](OC(=O)Nc1c(-c2ccc(-c3cc(F)c(Oc4ncccc4C(=O)O)c(F)c3)cc2)cnn1C)c1ccccc1. The van der Waals surface area contributed by atoms with Crippen LogP contribution in [0.3, 0.4) is 0 Å². The third-order valence-electron chi connectivity index (χ3n) is 6.44. The summed E-state index contributed by atoms with van der Waals surface area (Å²) in [7, 11) is 1.67. The van der Waals surface area contributed by atoms with Crippen LogP contribution in [0.1, 0.15) is 28.9 Å². The van der Waals surface area contributed by atoms with E-state index in [1.807, 2.05) is 30.3 Å². The average molecular weight is 571 g/mol. The van der Waals surface area contributed by atoms with E-state index in [4.69, 9.17) is 9.47 Å². The summed E-state index contributed by atoms with van der Waals surface area (Å²) in [5, 5.41) is 16.3.